The van der Waals surface area contributed by atoms with Crippen LogP contribution < -0.4 is 14.9 Å². The molecule has 0 bridgehead atoms. The summed E-state index contributed by atoms with van der Waals surface area (Å²) in [6.07, 6.45) is 0. The molecule has 0 aromatic heterocycles. The highest BCUT2D eigenvalue weighted by Crippen LogP contribution is 2.27. The second-order valence-electron chi connectivity index (χ2n) is 8.57. The molecule has 0 aliphatic carbocycles. The van der Waals surface area contributed by atoms with Gasteiger partial charge in [0, 0.05) is 11.6 Å². The summed E-state index contributed by atoms with van der Waals surface area (Å²) in [5.41, 5.74) is 2.59. The molecule has 0 radical (unpaired) electrons. The molecule has 4 aromatic carbocycles. The molecule has 194 valence electrons. The van der Waals surface area contributed by atoms with E-state index in [9.17, 15) is 18.0 Å². The van der Waals surface area contributed by atoms with Gasteiger partial charge in [0.05, 0.1) is 21.8 Å². The molecule has 38 heavy (non-hydrogen) atoms. The number of hydrogen-bond donors (Lipinski definition) is 2. The Bertz CT molecular complexity index is 1540. The first-order valence-electron chi connectivity index (χ1n) is 11.8. The first-order valence-corrected chi connectivity index (χ1v) is 13.6. The maximum absolute atomic E-state index is 13.6. The number of amides is 2. The summed E-state index contributed by atoms with van der Waals surface area (Å²) in [6, 6.07) is 28.6. The summed E-state index contributed by atoms with van der Waals surface area (Å²) in [5.74, 6) is -0.993. The van der Waals surface area contributed by atoms with E-state index in [1.807, 2.05) is 37.3 Å². The van der Waals surface area contributed by atoms with Crippen molar-refractivity contribution in [3.8, 4) is 0 Å². The van der Waals surface area contributed by atoms with Gasteiger partial charge in [0.2, 0.25) is 5.91 Å². The number of sulfonamides is 1. The average molecular weight is 548 g/mol. The van der Waals surface area contributed by atoms with E-state index >= 15 is 0 Å². The van der Waals surface area contributed by atoms with Gasteiger partial charge in [-0.25, -0.2) is 8.42 Å². The van der Waals surface area contributed by atoms with Gasteiger partial charge in [-0.2, -0.15) is 0 Å². The van der Waals surface area contributed by atoms with E-state index in [0.717, 1.165) is 15.4 Å². The molecule has 4 rings (SSSR count). The van der Waals surface area contributed by atoms with E-state index in [1.165, 1.54) is 18.2 Å². The van der Waals surface area contributed by atoms with Crippen LogP contribution in [0, 0.1) is 6.92 Å². The third kappa shape index (κ3) is 6.59. The van der Waals surface area contributed by atoms with Crippen molar-refractivity contribution in [2.24, 2.45) is 0 Å². The van der Waals surface area contributed by atoms with Gasteiger partial charge < -0.3 is 10.6 Å². The number of rotatable bonds is 9. The van der Waals surface area contributed by atoms with E-state index in [2.05, 4.69) is 10.6 Å². The van der Waals surface area contributed by atoms with E-state index in [0.29, 0.717) is 11.6 Å². The monoisotopic (exact) mass is 547 g/mol. The molecule has 0 spiro atoms. The molecule has 4 aromatic rings. The second kappa shape index (κ2) is 11.9. The van der Waals surface area contributed by atoms with Crippen LogP contribution in [0.3, 0.4) is 0 Å². The van der Waals surface area contributed by atoms with Crippen molar-refractivity contribution in [1.29, 1.82) is 0 Å². The van der Waals surface area contributed by atoms with Crippen molar-refractivity contribution in [2.45, 2.75) is 18.4 Å². The van der Waals surface area contributed by atoms with Gasteiger partial charge in [-0.1, -0.05) is 77.8 Å². The fourth-order valence-electron chi connectivity index (χ4n) is 3.77. The summed E-state index contributed by atoms with van der Waals surface area (Å²) in [5, 5.41) is 5.87. The topological polar surface area (TPSA) is 95.6 Å². The molecule has 0 heterocycles. The Hall–Kier alpha value is -4.14. The van der Waals surface area contributed by atoms with Gasteiger partial charge in [0.1, 0.15) is 6.54 Å². The summed E-state index contributed by atoms with van der Waals surface area (Å²) in [7, 11) is -4.11. The Kier molecular flexibility index (Phi) is 8.45. The predicted octanol–water partition coefficient (Wildman–Crippen LogP) is 5.41. The van der Waals surface area contributed by atoms with Crippen molar-refractivity contribution < 1.29 is 18.0 Å². The van der Waals surface area contributed by atoms with Crippen molar-refractivity contribution in [3.05, 3.63) is 125 Å². The molecule has 0 aliphatic heterocycles. The molecule has 7 nitrogen and oxygen atoms in total. The van der Waals surface area contributed by atoms with Crippen LogP contribution in [-0.4, -0.2) is 26.8 Å². The fraction of sp³-hybridized carbons (Fsp3) is 0.103. The Morgan fingerprint density at radius 1 is 0.842 bits per heavy atom. The standard InChI is InChI=1S/C29H26ClN3O4S/c1-21-14-16-25(17-15-21)38(36,37)33(24-11-7-10-23(30)18-24)20-28(34)32-27-13-6-5-12-26(27)29(35)31-19-22-8-3-2-4-9-22/h2-18H,19-20H2,1H3,(H,31,35)(H,32,34). The average Bonchev–Trinajstić information content (AvgIpc) is 2.91. The molecule has 0 saturated carbocycles. The molecular formula is C29H26ClN3O4S. The number of nitrogens with zero attached hydrogens (tertiary/aromatic N) is 1. The second-order valence-corrected chi connectivity index (χ2v) is 10.9. The summed E-state index contributed by atoms with van der Waals surface area (Å²) < 4.78 is 28.2. The molecule has 2 amide bonds. The van der Waals surface area contributed by atoms with Gasteiger partial charge in [-0.05, 0) is 55.0 Å². The van der Waals surface area contributed by atoms with E-state index in [4.69, 9.17) is 11.6 Å². The first-order chi connectivity index (χ1) is 18.2. The molecule has 9 heteroatoms. The van der Waals surface area contributed by atoms with Crippen LogP contribution in [0.4, 0.5) is 11.4 Å². The summed E-state index contributed by atoms with van der Waals surface area (Å²) >= 11 is 6.14. The molecule has 0 aliphatic rings. The van der Waals surface area contributed by atoms with Crippen molar-refractivity contribution in [1.82, 2.24) is 5.32 Å². The number of carbonyl (C=O) groups is 2. The number of benzene rings is 4. The van der Waals surface area contributed by atoms with Crippen LogP contribution >= 0.6 is 11.6 Å². The Balaban J connectivity index is 1.57. The fourth-order valence-corrected chi connectivity index (χ4v) is 5.36. The van der Waals surface area contributed by atoms with Crippen molar-refractivity contribution in [3.63, 3.8) is 0 Å². The zero-order valence-corrected chi connectivity index (χ0v) is 22.2. The molecule has 0 atom stereocenters. The molecule has 0 fully saturated rings. The van der Waals surface area contributed by atoms with Crippen LogP contribution in [0.2, 0.25) is 5.02 Å². The summed E-state index contributed by atoms with van der Waals surface area (Å²) in [6.45, 7) is 1.64. The molecule has 2 N–H and O–H groups in total. The minimum Gasteiger partial charge on any atom is -0.348 e. The van der Waals surface area contributed by atoms with Crippen LogP contribution in [-0.2, 0) is 21.4 Å². The predicted molar refractivity (Wildman–Crippen MR) is 150 cm³/mol. The number of aryl methyl sites for hydroxylation is 1. The number of halogens is 1. The number of nitrogens with one attached hydrogen (secondary N) is 2. The third-order valence-electron chi connectivity index (χ3n) is 5.73. The molecular weight excluding hydrogens is 522 g/mol. The third-order valence-corrected chi connectivity index (χ3v) is 7.76. The van der Waals surface area contributed by atoms with Gasteiger partial charge in [0.15, 0.2) is 0 Å². The highest BCUT2D eigenvalue weighted by atomic mass is 35.5. The minimum absolute atomic E-state index is 0.0385. The van der Waals surface area contributed by atoms with Crippen molar-refractivity contribution in [2.75, 3.05) is 16.2 Å². The first kappa shape index (κ1) is 26.9. The quantitative estimate of drug-likeness (QED) is 0.293. The van der Waals surface area contributed by atoms with Gasteiger partial charge in [0.25, 0.3) is 15.9 Å². The van der Waals surface area contributed by atoms with Gasteiger partial charge >= 0.3 is 0 Å². The van der Waals surface area contributed by atoms with Gasteiger partial charge in [-0.3, -0.25) is 13.9 Å². The number of carbonyl (C=O) groups excluding carboxylic acids is 2. The number of hydrogen-bond acceptors (Lipinski definition) is 4. The number of para-hydroxylation sites is 1. The van der Waals surface area contributed by atoms with Crippen LogP contribution in [0.25, 0.3) is 0 Å². The lowest BCUT2D eigenvalue weighted by Gasteiger charge is -2.24. The van der Waals surface area contributed by atoms with Crippen LogP contribution in [0.15, 0.2) is 108 Å². The molecule has 0 saturated heterocycles. The van der Waals surface area contributed by atoms with E-state index in [-0.39, 0.29) is 27.7 Å². The lowest BCUT2D eigenvalue weighted by atomic mass is 10.1. The van der Waals surface area contributed by atoms with Crippen LogP contribution in [0.1, 0.15) is 21.5 Å². The highest BCUT2D eigenvalue weighted by molar-refractivity contribution is 7.92. The van der Waals surface area contributed by atoms with E-state index in [1.54, 1.807) is 54.6 Å². The van der Waals surface area contributed by atoms with Crippen molar-refractivity contribution >= 4 is 44.8 Å². The lowest BCUT2D eigenvalue weighted by Crippen LogP contribution is -2.38. The molecule has 0 unspecified atom stereocenters. The zero-order chi connectivity index (χ0) is 27.1. The normalized spacial score (nSPS) is 11.0. The minimum atomic E-state index is -4.11. The SMILES string of the molecule is Cc1ccc(S(=O)(=O)N(CC(=O)Nc2ccccc2C(=O)NCc2ccccc2)c2cccc(Cl)c2)cc1. The Labute approximate surface area is 227 Å². The smallest absolute Gasteiger partial charge is 0.264 e. The maximum Gasteiger partial charge on any atom is 0.264 e. The summed E-state index contributed by atoms with van der Waals surface area (Å²) in [4.78, 5) is 26.1. The van der Waals surface area contributed by atoms with Crippen LogP contribution in [0.5, 0.6) is 0 Å². The number of anilines is 2. The lowest BCUT2D eigenvalue weighted by molar-refractivity contribution is -0.114. The van der Waals surface area contributed by atoms with Gasteiger partial charge in [-0.15, -0.1) is 0 Å². The Morgan fingerprint density at radius 2 is 1.53 bits per heavy atom. The largest absolute Gasteiger partial charge is 0.348 e. The maximum atomic E-state index is 13.6. The zero-order valence-electron chi connectivity index (χ0n) is 20.6. The van der Waals surface area contributed by atoms with E-state index < -0.39 is 22.5 Å². The Morgan fingerprint density at radius 3 is 2.24 bits per heavy atom. The highest BCUT2D eigenvalue weighted by Gasteiger charge is 2.28.